The van der Waals surface area contributed by atoms with Gasteiger partial charge in [-0.05, 0) is 56.0 Å². The lowest BCUT2D eigenvalue weighted by atomic mass is 9.97. The summed E-state index contributed by atoms with van der Waals surface area (Å²) in [5.74, 6) is 2.85. The van der Waals surface area contributed by atoms with Crippen molar-refractivity contribution in [3.63, 3.8) is 0 Å². The van der Waals surface area contributed by atoms with Gasteiger partial charge in [-0.2, -0.15) is 0 Å². The van der Waals surface area contributed by atoms with Crippen LogP contribution in [0.5, 0.6) is 0 Å². The second-order valence-corrected chi connectivity index (χ2v) is 5.48. The fourth-order valence-corrected chi connectivity index (χ4v) is 3.49. The summed E-state index contributed by atoms with van der Waals surface area (Å²) >= 11 is 0. The van der Waals surface area contributed by atoms with Crippen LogP contribution in [-0.4, -0.2) is 13.1 Å². The van der Waals surface area contributed by atoms with Crippen LogP contribution in [0.2, 0.25) is 0 Å². The van der Waals surface area contributed by atoms with Gasteiger partial charge in [-0.25, -0.2) is 0 Å². The van der Waals surface area contributed by atoms with Gasteiger partial charge in [-0.1, -0.05) is 30.3 Å². The van der Waals surface area contributed by atoms with Gasteiger partial charge in [-0.3, -0.25) is 0 Å². The minimum absolute atomic E-state index is 0.794. The Bertz CT molecular complexity index is 346. The number of hydrogen-bond acceptors (Lipinski definition) is 1. The molecule has 0 aliphatic heterocycles. The molecule has 2 aliphatic rings. The Hall–Kier alpha value is -0.820. The van der Waals surface area contributed by atoms with E-state index in [-0.39, 0.29) is 0 Å². The highest BCUT2D eigenvalue weighted by atomic mass is 14.9. The third kappa shape index (κ3) is 1.89. The van der Waals surface area contributed by atoms with E-state index >= 15 is 0 Å². The first-order valence-corrected chi connectivity index (χ1v) is 6.60. The monoisotopic (exact) mass is 215 g/mol. The maximum atomic E-state index is 3.43. The molecule has 1 heteroatoms. The molecule has 1 N–H and O–H groups in total. The highest BCUT2D eigenvalue weighted by Gasteiger charge is 2.45. The number of hydrogen-bond donors (Lipinski definition) is 1. The Labute approximate surface area is 98.3 Å². The molecule has 2 aliphatic carbocycles. The molecule has 0 radical (unpaired) electrons. The third-order valence-electron chi connectivity index (χ3n) is 4.55. The predicted octanol–water partition coefficient (Wildman–Crippen LogP) is 3.18. The molecular formula is C15H21N. The zero-order valence-electron chi connectivity index (χ0n) is 10.0. The fraction of sp³-hybridized carbons (Fsp3) is 0.600. The Balaban J connectivity index is 1.61. The first-order chi connectivity index (χ1) is 7.88. The summed E-state index contributed by atoms with van der Waals surface area (Å²) in [4.78, 5) is 0. The van der Waals surface area contributed by atoms with E-state index in [9.17, 15) is 0 Å². The van der Waals surface area contributed by atoms with Gasteiger partial charge < -0.3 is 5.32 Å². The molecule has 2 fully saturated rings. The van der Waals surface area contributed by atoms with Crippen molar-refractivity contribution in [2.24, 2.45) is 11.8 Å². The van der Waals surface area contributed by atoms with Crippen LogP contribution < -0.4 is 5.32 Å². The Kier molecular flexibility index (Phi) is 2.72. The molecule has 1 aromatic rings. The number of benzene rings is 1. The summed E-state index contributed by atoms with van der Waals surface area (Å²) in [5, 5.41) is 3.43. The van der Waals surface area contributed by atoms with Crippen molar-refractivity contribution in [2.45, 2.75) is 37.6 Å². The van der Waals surface area contributed by atoms with Crippen LogP contribution >= 0.6 is 0 Å². The smallest absolute Gasteiger partial charge is 0.00669 e. The van der Waals surface area contributed by atoms with Gasteiger partial charge in [0.2, 0.25) is 0 Å². The van der Waals surface area contributed by atoms with E-state index in [1.54, 1.807) is 5.56 Å². The van der Waals surface area contributed by atoms with Crippen LogP contribution in [0.1, 0.15) is 37.2 Å². The van der Waals surface area contributed by atoms with E-state index in [0.29, 0.717) is 0 Å². The van der Waals surface area contributed by atoms with Crippen molar-refractivity contribution in [1.29, 1.82) is 0 Å². The topological polar surface area (TPSA) is 12.0 Å². The van der Waals surface area contributed by atoms with Gasteiger partial charge in [0.15, 0.2) is 0 Å². The predicted molar refractivity (Wildman–Crippen MR) is 67.5 cm³/mol. The molecule has 0 spiro atoms. The standard InChI is InChI=1S/C15H21N/c1-16-13-8-7-12(9-13)15-10-14(15)11-5-3-2-4-6-11/h2-6,12-16H,7-10H2,1H3. The zero-order valence-corrected chi connectivity index (χ0v) is 10.0. The van der Waals surface area contributed by atoms with Crippen molar-refractivity contribution in [1.82, 2.24) is 5.32 Å². The van der Waals surface area contributed by atoms with Crippen molar-refractivity contribution >= 4 is 0 Å². The van der Waals surface area contributed by atoms with Gasteiger partial charge in [0.1, 0.15) is 0 Å². The molecule has 2 saturated carbocycles. The lowest BCUT2D eigenvalue weighted by molar-refractivity contribution is 0.450. The minimum atomic E-state index is 0.794. The van der Waals surface area contributed by atoms with E-state index in [1.807, 2.05) is 0 Å². The molecule has 0 aromatic heterocycles. The molecule has 86 valence electrons. The Morgan fingerprint density at radius 3 is 2.56 bits per heavy atom. The summed E-state index contributed by atoms with van der Waals surface area (Å²) in [7, 11) is 2.11. The van der Waals surface area contributed by atoms with Gasteiger partial charge in [-0.15, -0.1) is 0 Å². The molecule has 1 nitrogen and oxygen atoms in total. The molecule has 0 saturated heterocycles. The second-order valence-electron chi connectivity index (χ2n) is 5.48. The van der Waals surface area contributed by atoms with E-state index in [0.717, 1.165) is 23.8 Å². The van der Waals surface area contributed by atoms with E-state index in [4.69, 9.17) is 0 Å². The second kappa shape index (κ2) is 4.21. The van der Waals surface area contributed by atoms with E-state index < -0.39 is 0 Å². The summed E-state index contributed by atoms with van der Waals surface area (Å²) in [5.41, 5.74) is 1.57. The zero-order chi connectivity index (χ0) is 11.0. The average molecular weight is 215 g/mol. The Morgan fingerprint density at radius 1 is 1.06 bits per heavy atom. The summed E-state index contributed by atoms with van der Waals surface area (Å²) < 4.78 is 0. The maximum absolute atomic E-state index is 3.43. The van der Waals surface area contributed by atoms with Crippen LogP contribution in [0.3, 0.4) is 0 Å². The van der Waals surface area contributed by atoms with Crippen molar-refractivity contribution in [3.8, 4) is 0 Å². The highest BCUT2D eigenvalue weighted by molar-refractivity contribution is 5.26. The SMILES string of the molecule is CNC1CCC(C2CC2c2ccccc2)C1. The number of nitrogens with one attached hydrogen (secondary N) is 1. The summed E-state index contributed by atoms with van der Waals surface area (Å²) in [6.45, 7) is 0. The lowest BCUT2D eigenvalue weighted by Gasteiger charge is -2.10. The summed E-state index contributed by atoms with van der Waals surface area (Å²) in [6, 6.07) is 11.9. The first-order valence-electron chi connectivity index (χ1n) is 6.60. The molecule has 4 unspecified atom stereocenters. The fourth-order valence-electron chi connectivity index (χ4n) is 3.49. The first kappa shape index (κ1) is 10.3. The lowest BCUT2D eigenvalue weighted by Crippen LogP contribution is -2.21. The van der Waals surface area contributed by atoms with Gasteiger partial charge in [0.05, 0.1) is 0 Å². The molecule has 0 amide bonds. The third-order valence-corrected chi connectivity index (χ3v) is 4.55. The van der Waals surface area contributed by atoms with Gasteiger partial charge in [0, 0.05) is 6.04 Å². The van der Waals surface area contributed by atoms with Crippen LogP contribution in [0.15, 0.2) is 30.3 Å². The van der Waals surface area contributed by atoms with Gasteiger partial charge >= 0.3 is 0 Å². The van der Waals surface area contributed by atoms with Gasteiger partial charge in [0.25, 0.3) is 0 Å². The minimum Gasteiger partial charge on any atom is -0.317 e. The molecule has 1 aromatic carbocycles. The normalized spacial score (nSPS) is 37.6. The Morgan fingerprint density at radius 2 is 1.88 bits per heavy atom. The maximum Gasteiger partial charge on any atom is 0.00669 e. The number of rotatable bonds is 3. The van der Waals surface area contributed by atoms with Crippen LogP contribution in [0, 0.1) is 11.8 Å². The molecule has 0 bridgehead atoms. The van der Waals surface area contributed by atoms with Crippen molar-refractivity contribution < 1.29 is 0 Å². The van der Waals surface area contributed by atoms with E-state index in [1.165, 1.54) is 25.7 Å². The molecular weight excluding hydrogens is 194 g/mol. The van der Waals surface area contributed by atoms with Crippen LogP contribution in [0.4, 0.5) is 0 Å². The molecule has 3 rings (SSSR count). The molecule has 0 heterocycles. The van der Waals surface area contributed by atoms with E-state index in [2.05, 4.69) is 42.7 Å². The van der Waals surface area contributed by atoms with Crippen LogP contribution in [0.25, 0.3) is 0 Å². The van der Waals surface area contributed by atoms with Crippen molar-refractivity contribution in [2.75, 3.05) is 7.05 Å². The highest BCUT2D eigenvalue weighted by Crippen LogP contribution is 2.55. The van der Waals surface area contributed by atoms with Crippen molar-refractivity contribution in [3.05, 3.63) is 35.9 Å². The largest absolute Gasteiger partial charge is 0.317 e. The average Bonchev–Trinajstić information content (AvgIpc) is 3.01. The molecule has 4 atom stereocenters. The van der Waals surface area contributed by atoms with Crippen LogP contribution in [-0.2, 0) is 0 Å². The quantitative estimate of drug-likeness (QED) is 0.816. The molecule has 16 heavy (non-hydrogen) atoms. The summed E-state index contributed by atoms with van der Waals surface area (Å²) in [6.07, 6.45) is 5.67.